The molecule has 0 unspecified atom stereocenters. The van der Waals surface area contributed by atoms with Gasteiger partial charge in [-0.3, -0.25) is 4.79 Å². The van der Waals surface area contributed by atoms with Gasteiger partial charge in [0.15, 0.2) is 5.96 Å². The van der Waals surface area contributed by atoms with Gasteiger partial charge in [-0.15, -0.1) is 24.0 Å². The van der Waals surface area contributed by atoms with Gasteiger partial charge in [0.05, 0.1) is 0 Å². The lowest BCUT2D eigenvalue weighted by Crippen LogP contribution is -2.50. The zero-order valence-corrected chi connectivity index (χ0v) is 22.0. The van der Waals surface area contributed by atoms with Gasteiger partial charge in [-0.2, -0.15) is 0 Å². The second-order valence-corrected chi connectivity index (χ2v) is 8.70. The lowest BCUT2D eigenvalue weighted by molar-refractivity contribution is -0.129. The van der Waals surface area contributed by atoms with Gasteiger partial charge in [0, 0.05) is 58.7 Å². The number of amides is 1. The number of piperazine rings is 1. The van der Waals surface area contributed by atoms with E-state index in [-0.39, 0.29) is 41.8 Å². The number of carbonyl (C=O) groups is 1. The van der Waals surface area contributed by atoms with Crippen LogP contribution < -0.4 is 15.5 Å². The van der Waals surface area contributed by atoms with E-state index in [1.165, 1.54) is 31.4 Å². The molecule has 0 aromatic heterocycles. The summed E-state index contributed by atoms with van der Waals surface area (Å²) in [5.74, 6) is 0.836. The summed E-state index contributed by atoms with van der Waals surface area (Å²) < 4.78 is 5.34. The first-order valence-corrected chi connectivity index (χ1v) is 11.7. The minimum absolute atomic E-state index is 0. The summed E-state index contributed by atoms with van der Waals surface area (Å²) in [5.41, 5.74) is 1.50. The van der Waals surface area contributed by atoms with Crippen LogP contribution in [0, 0.1) is 5.41 Å². The average Bonchev–Trinajstić information content (AvgIpc) is 3.29. The summed E-state index contributed by atoms with van der Waals surface area (Å²) in [6.45, 7) is 7.90. The molecule has 1 saturated heterocycles. The third-order valence-electron chi connectivity index (χ3n) is 6.60. The fourth-order valence-corrected chi connectivity index (χ4v) is 4.67. The van der Waals surface area contributed by atoms with Crippen molar-refractivity contribution in [3.63, 3.8) is 0 Å². The van der Waals surface area contributed by atoms with Crippen molar-refractivity contribution in [3.8, 4) is 0 Å². The molecule has 1 aliphatic carbocycles. The number of carbonyl (C=O) groups excluding carboxylic acids is 1. The van der Waals surface area contributed by atoms with Crippen LogP contribution >= 0.6 is 24.0 Å². The van der Waals surface area contributed by atoms with Crippen LogP contribution in [0.1, 0.15) is 39.0 Å². The van der Waals surface area contributed by atoms with Gasteiger partial charge in [0.25, 0.3) is 0 Å². The zero-order valence-electron chi connectivity index (χ0n) is 19.6. The van der Waals surface area contributed by atoms with E-state index in [1.54, 1.807) is 7.11 Å². The molecule has 1 aromatic carbocycles. The first-order valence-electron chi connectivity index (χ1n) is 11.7. The monoisotopic (exact) mass is 557 g/mol. The number of para-hydroxylation sites is 1. The lowest BCUT2D eigenvalue weighted by atomic mass is 9.83. The molecule has 180 valence electrons. The van der Waals surface area contributed by atoms with Crippen LogP contribution in [0.3, 0.4) is 0 Å². The predicted octanol–water partition coefficient (Wildman–Crippen LogP) is 3.11. The van der Waals surface area contributed by atoms with Crippen molar-refractivity contribution in [2.45, 2.75) is 39.0 Å². The number of methoxy groups -OCH3 is 1. The summed E-state index contributed by atoms with van der Waals surface area (Å²) in [4.78, 5) is 21.6. The molecule has 3 rings (SSSR count). The molecule has 2 aliphatic rings. The van der Waals surface area contributed by atoms with Crippen LogP contribution in [0.15, 0.2) is 35.3 Å². The van der Waals surface area contributed by atoms with E-state index in [1.807, 2.05) is 11.0 Å². The molecule has 7 nitrogen and oxygen atoms in total. The molecular formula is C24H40IN5O2. The van der Waals surface area contributed by atoms with Crippen LogP contribution in [0.4, 0.5) is 5.69 Å². The smallest absolute Gasteiger partial charge is 0.244 e. The topological polar surface area (TPSA) is 69.2 Å². The molecule has 1 saturated carbocycles. The van der Waals surface area contributed by atoms with Gasteiger partial charge >= 0.3 is 0 Å². The van der Waals surface area contributed by atoms with E-state index >= 15 is 0 Å². The van der Waals surface area contributed by atoms with Crippen molar-refractivity contribution >= 4 is 41.5 Å². The largest absolute Gasteiger partial charge is 0.385 e. The Hall–Kier alpha value is -1.55. The molecule has 1 heterocycles. The molecule has 1 aromatic rings. The lowest BCUT2D eigenvalue weighted by Gasteiger charge is -2.36. The van der Waals surface area contributed by atoms with Crippen LogP contribution in [0.25, 0.3) is 0 Å². The van der Waals surface area contributed by atoms with Crippen molar-refractivity contribution < 1.29 is 9.53 Å². The SMILES string of the molecule is CCNC(=NCC(=O)N1CCN(c2ccccc2)CC1)NCC1(CCOC)CCCC1.I. The molecular weight excluding hydrogens is 517 g/mol. The highest BCUT2D eigenvalue weighted by atomic mass is 127. The molecule has 2 fully saturated rings. The first kappa shape index (κ1) is 26.7. The van der Waals surface area contributed by atoms with E-state index in [0.717, 1.165) is 58.3 Å². The van der Waals surface area contributed by atoms with E-state index in [0.29, 0.717) is 0 Å². The molecule has 0 spiro atoms. The number of nitrogens with zero attached hydrogens (tertiary/aromatic N) is 3. The quantitative estimate of drug-likeness (QED) is 0.278. The van der Waals surface area contributed by atoms with Crippen LogP contribution in [0.5, 0.6) is 0 Å². The minimum atomic E-state index is 0. The average molecular weight is 558 g/mol. The third kappa shape index (κ3) is 7.79. The number of rotatable bonds is 9. The number of hydrogen-bond donors (Lipinski definition) is 2. The Morgan fingerprint density at radius 2 is 1.78 bits per heavy atom. The Labute approximate surface area is 210 Å². The Morgan fingerprint density at radius 3 is 2.41 bits per heavy atom. The maximum atomic E-state index is 12.7. The summed E-state index contributed by atoms with van der Waals surface area (Å²) in [6, 6.07) is 10.4. The van der Waals surface area contributed by atoms with Crippen LogP contribution in [-0.4, -0.2) is 76.3 Å². The van der Waals surface area contributed by atoms with Crippen molar-refractivity contribution in [3.05, 3.63) is 30.3 Å². The van der Waals surface area contributed by atoms with Crippen LogP contribution in [0.2, 0.25) is 0 Å². The normalized spacial score (nSPS) is 18.2. The molecule has 0 atom stereocenters. The van der Waals surface area contributed by atoms with Gasteiger partial charge < -0.3 is 25.2 Å². The van der Waals surface area contributed by atoms with E-state index < -0.39 is 0 Å². The fourth-order valence-electron chi connectivity index (χ4n) is 4.67. The molecule has 1 amide bonds. The van der Waals surface area contributed by atoms with Crippen molar-refractivity contribution in [1.29, 1.82) is 0 Å². The maximum absolute atomic E-state index is 12.7. The molecule has 32 heavy (non-hydrogen) atoms. The number of ether oxygens (including phenoxy) is 1. The summed E-state index contributed by atoms with van der Waals surface area (Å²) >= 11 is 0. The zero-order chi connectivity index (χ0) is 21.9. The van der Waals surface area contributed by atoms with Crippen LogP contribution in [-0.2, 0) is 9.53 Å². The number of nitrogens with one attached hydrogen (secondary N) is 2. The molecule has 0 radical (unpaired) electrons. The predicted molar refractivity (Wildman–Crippen MR) is 142 cm³/mol. The van der Waals surface area contributed by atoms with E-state index in [9.17, 15) is 4.79 Å². The van der Waals surface area contributed by atoms with Gasteiger partial charge in [0.1, 0.15) is 6.54 Å². The third-order valence-corrected chi connectivity index (χ3v) is 6.60. The maximum Gasteiger partial charge on any atom is 0.244 e. The van der Waals surface area contributed by atoms with Gasteiger partial charge in [0.2, 0.25) is 5.91 Å². The number of hydrogen-bond acceptors (Lipinski definition) is 4. The summed E-state index contributed by atoms with van der Waals surface area (Å²) in [7, 11) is 1.77. The van der Waals surface area contributed by atoms with Gasteiger partial charge in [-0.1, -0.05) is 31.0 Å². The van der Waals surface area contributed by atoms with E-state index in [4.69, 9.17) is 4.74 Å². The summed E-state index contributed by atoms with van der Waals surface area (Å²) in [5, 5.41) is 6.80. The fraction of sp³-hybridized carbons (Fsp3) is 0.667. The first-order chi connectivity index (χ1) is 15.2. The molecule has 2 N–H and O–H groups in total. The van der Waals surface area contributed by atoms with Crippen molar-refractivity contribution in [1.82, 2.24) is 15.5 Å². The van der Waals surface area contributed by atoms with Crippen molar-refractivity contribution in [2.24, 2.45) is 10.4 Å². The van der Waals surface area contributed by atoms with E-state index in [2.05, 4.69) is 51.7 Å². The Bertz CT molecular complexity index is 702. The summed E-state index contributed by atoms with van der Waals surface area (Å²) in [6.07, 6.45) is 6.10. The second-order valence-electron chi connectivity index (χ2n) is 8.70. The molecule has 1 aliphatic heterocycles. The Kier molecular flexibility index (Phi) is 11.6. The minimum Gasteiger partial charge on any atom is -0.385 e. The number of guanidine groups is 1. The van der Waals surface area contributed by atoms with Gasteiger partial charge in [-0.05, 0) is 43.7 Å². The number of aliphatic imine (C=N–C) groups is 1. The highest BCUT2D eigenvalue weighted by Crippen LogP contribution is 2.40. The second kappa shape index (κ2) is 13.9. The number of benzene rings is 1. The molecule has 8 heteroatoms. The number of anilines is 1. The Balaban J connectivity index is 0.00000363. The highest BCUT2D eigenvalue weighted by Gasteiger charge is 2.33. The standard InChI is InChI=1S/C24H39N5O2.HI/c1-3-25-23(27-20-24(13-18-31-2)11-7-8-12-24)26-19-22(30)29-16-14-28(15-17-29)21-9-5-4-6-10-21;/h4-6,9-10H,3,7-8,11-20H2,1-2H3,(H2,25,26,27);1H. The Morgan fingerprint density at radius 1 is 1.09 bits per heavy atom. The van der Waals surface area contributed by atoms with Gasteiger partial charge in [-0.25, -0.2) is 4.99 Å². The number of halogens is 1. The molecule has 0 bridgehead atoms. The van der Waals surface area contributed by atoms with Crippen molar-refractivity contribution in [2.75, 3.05) is 64.4 Å². The highest BCUT2D eigenvalue weighted by molar-refractivity contribution is 14.0.